The molecule has 2 rings (SSSR count). The maximum Gasteiger partial charge on any atom is 0.237 e. The Bertz CT molecular complexity index is 729. The zero-order valence-corrected chi connectivity index (χ0v) is 14.1. The predicted molar refractivity (Wildman–Crippen MR) is 86.5 cm³/mol. The first-order valence-electron chi connectivity index (χ1n) is 7.02. The van der Waals surface area contributed by atoms with Gasteiger partial charge in [-0.15, -0.1) is 0 Å². The maximum absolute atomic E-state index is 13.6. The molecule has 0 bridgehead atoms. The van der Waals surface area contributed by atoms with Gasteiger partial charge in [-0.3, -0.25) is 4.79 Å². The average Bonchev–Trinajstić information content (AvgIpc) is 2.48. The molecule has 4 nitrogen and oxygen atoms in total. The maximum atomic E-state index is 13.6. The van der Waals surface area contributed by atoms with Gasteiger partial charge in [0.05, 0.1) is 10.9 Å². The first-order valence-corrected chi connectivity index (χ1v) is 7.90. The molecular weight excluding hydrogens is 320 g/mol. The van der Waals surface area contributed by atoms with E-state index in [9.17, 15) is 13.6 Å². The van der Waals surface area contributed by atoms with E-state index in [1.54, 1.807) is 6.92 Å². The molecule has 0 aliphatic carbocycles. The van der Waals surface area contributed by atoms with Gasteiger partial charge in [-0.25, -0.2) is 18.7 Å². The number of nitrogens with one attached hydrogen (secondary N) is 1. The van der Waals surface area contributed by atoms with Crippen LogP contribution in [0.2, 0.25) is 0 Å². The lowest BCUT2D eigenvalue weighted by Crippen LogP contribution is -2.23. The van der Waals surface area contributed by atoms with Crippen molar-refractivity contribution in [2.45, 2.75) is 38.1 Å². The fraction of sp³-hybridized carbons (Fsp3) is 0.312. The number of thioether (sulfide) groups is 1. The molecule has 1 N–H and O–H groups in total. The number of hydrogen-bond acceptors (Lipinski definition) is 4. The number of carbonyl (C=O) groups excluding carboxylic acids is 1. The molecule has 0 fully saturated rings. The van der Waals surface area contributed by atoms with Crippen LogP contribution in [0.4, 0.5) is 14.5 Å². The second-order valence-corrected chi connectivity index (χ2v) is 6.48. The van der Waals surface area contributed by atoms with E-state index in [0.29, 0.717) is 5.16 Å². The van der Waals surface area contributed by atoms with Gasteiger partial charge < -0.3 is 5.32 Å². The Morgan fingerprint density at radius 1 is 1.17 bits per heavy atom. The largest absolute Gasteiger partial charge is 0.323 e. The molecule has 0 saturated heterocycles. The quantitative estimate of drug-likeness (QED) is 0.681. The average molecular weight is 337 g/mol. The highest BCUT2D eigenvalue weighted by Crippen LogP contribution is 2.23. The summed E-state index contributed by atoms with van der Waals surface area (Å²) in [6, 6.07) is 2.91. The van der Waals surface area contributed by atoms with E-state index in [2.05, 4.69) is 15.3 Å². The van der Waals surface area contributed by atoms with Gasteiger partial charge in [-0.05, 0) is 45.4 Å². The number of aromatic nitrogens is 2. The molecule has 7 heteroatoms. The molecule has 0 radical (unpaired) electrons. The van der Waals surface area contributed by atoms with Crippen molar-refractivity contribution in [2.75, 3.05) is 5.32 Å². The molecule has 1 amide bonds. The van der Waals surface area contributed by atoms with Crippen LogP contribution in [-0.2, 0) is 4.79 Å². The van der Waals surface area contributed by atoms with E-state index >= 15 is 0 Å². The van der Waals surface area contributed by atoms with Gasteiger partial charge in [0, 0.05) is 17.5 Å². The topological polar surface area (TPSA) is 54.9 Å². The Balaban J connectivity index is 2.10. The number of halogens is 2. The SMILES string of the molecule is Cc1nc(S[C@H](C)C(=O)Nc2cc(F)ccc2F)nc(C)c1C. The van der Waals surface area contributed by atoms with Crippen LogP contribution in [0.15, 0.2) is 23.4 Å². The fourth-order valence-electron chi connectivity index (χ4n) is 1.83. The Labute approximate surface area is 137 Å². The van der Waals surface area contributed by atoms with Gasteiger partial charge in [-0.2, -0.15) is 0 Å². The highest BCUT2D eigenvalue weighted by Gasteiger charge is 2.18. The van der Waals surface area contributed by atoms with Crippen LogP contribution in [0.1, 0.15) is 23.9 Å². The molecule has 0 unspecified atom stereocenters. The van der Waals surface area contributed by atoms with Gasteiger partial charge in [0.25, 0.3) is 0 Å². The highest BCUT2D eigenvalue weighted by atomic mass is 32.2. The lowest BCUT2D eigenvalue weighted by Gasteiger charge is -2.13. The Hall–Kier alpha value is -2.02. The monoisotopic (exact) mass is 337 g/mol. The standard InChI is InChI=1S/C16H17F2N3OS/c1-8-9(2)19-16(20-10(8)3)23-11(4)15(22)21-14-7-12(17)5-6-13(14)18/h5-7,11H,1-4H3,(H,21,22)/t11-/m1/s1. The molecule has 0 saturated carbocycles. The number of benzene rings is 1. The van der Waals surface area contributed by atoms with Crippen molar-refractivity contribution >= 4 is 23.4 Å². The van der Waals surface area contributed by atoms with Crippen molar-refractivity contribution in [3.8, 4) is 0 Å². The minimum Gasteiger partial charge on any atom is -0.323 e. The van der Waals surface area contributed by atoms with Gasteiger partial charge in [0.2, 0.25) is 5.91 Å². The summed E-state index contributed by atoms with van der Waals surface area (Å²) >= 11 is 1.17. The second kappa shape index (κ2) is 7.04. The Morgan fingerprint density at radius 2 is 1.78 bits per heavy atom. The van der Waals surface area contributed by atoms with E-state index in [1.807, 2.05) is 20.8 Å². The molecule has 1 aromatic carbocycles. The summed E-state index contributed by atoms with van der Waals surface area (Å²) in [7, 11) is 0. The van der Waals surface area contributed by atoms with E-state index in [-0.39, 0.29) is 5.69 Å². The lowest BCUT2D eigenvalue weighted by atomic mass is 10.2. The van der Waals surface area contributed by atoms with Crippen LogP contribution in [0, 0.1) is 32.4 Å². The summed E-state index contributed by atoms with van der Waals surface area (Å²) in [5, 5.41) is 2.30. The van der Waals surface area contributed by atoms with Crippen LogP contribution in [0.5, 0.6) is 0 Å². The first kappa shape index (κ1) is 17.3. The van der Waals surface area contributed by atoms with E-state index in [0.717, 1.165) is 35.2 Å². The molecule has 0 aliphatic heterocycles. The van der Waals surface area contributed by atoms with Crippen LogP contribution in [0.3, 0.4) is 0 Å². The zero-order valence-electron chi connectivity index (χ0n) is 13.3. The third-order valence-corrected chi connectivity index (χ3v) is 4.41. The third kappa shape index (κ3) is 4.25. The molecule has 23 heavy (non-hydrogen) atoms. The molecule has 122 valence electrons. The van der Waals surface area contributed by atoms with Crippen molar-refractivity contribution in [3.05, 3.63) is 46.8 Å². The minimum absolute atomic E-state index is 0.181. The normalized spacial score (nSPS) is 12.1. The van der Waals surface area contributed by atoms with Gasteiger partial charge in [0.1, 0.15) is 11.6 Å². The van der Waals surface area contributed by atoms with Gasteiger partial charge >= 0.3 is 0 Å². The van der Waals surface area contributed by atoms with Gasteiger partial charge in [-0.1, -0.05) is 11.8 Å². The smallest absolute Gasteiger partial charge is 0.237 e. The molecule has 1 atom stereocenters. The van der Waals surface area contributed by atoms with Crippen LogP contribution < -0.4 is 5.32 Å². The molecule has 0 spiro atoms. The Kier molecular flexibility index (Phi) is 5.30. The third-order valence-electron chi connectivity index (χ3n) is 3.45. The minimum atomic E-state index is -0.685. The van der Waals surface area contributed by atoms with Crippen LogP contribution in [-0.4, -0.2) is 21.1 Å². The zero-order chi connectivity index (χ0) is 17.1. The number of rotatable bonds is 4. The molecule has 1 aromatic heterocycles. The number of anilines is 1. The predicted octanol–water partition coefficient (Wildman–Crippen LogP) is 3.80. The number of amides is 1. The summed E-state index contributed by atoms with van der Waals surface area (Å²) in [6.07, 6.45) is 0. The summed E-state index contributed by atoms with van der Waals surface area (Å²) < 4.78 is 26.7. The molecule has 1 heterocycles. The summed E-state index contributed by atoms with van der Waals surface area (Å²) in [5.74, 6) is -1.75. The molecule has 0 aliphatic rings. The summed E-state index contributed by atoms with van der Waals surface area (Å²) in [6.45, 7) is 7.34. The highest BCUT2D eigenvalue weighted by molar-refractivity contribution is 8.00. The van der Waals surface area contributed by atoms with Crippen LogP contribution >= 0.6 is 11.8 Å². The van der Waals surface area contributed by atoms with Crippen molar-refractivity contribution in [1.82, 2.24) is 9.97 Å². The summed E-state index contributed by atoms with van der Waals surface area (Å²) in [4.78, 5) is 20.8. The molecular formula is C16H17F2N3OS. The number of hydrogen-bond donors (Lipinski definition) is 1. The van der Waals surface area contributed by atoms with E-state index in [1.165, 1.54) is 11.8 Å². The molecule has 2 aromatic rings. The van der Waals surface area contributed by atoms with Crippen molar-refractivity contribution < 1.29 is 13.6 Å². The van der Waals surface area contributed by atoms with Crippen molar-refractivity contribution in [3.63, 3.8) is 0 Å². The number of carbonyl (C=O) groups is 1. The van der Waals surface area contributed by atoms with Crippen LogP contribution in [0.25, 0.3) is 0 Å². The van der Waals surface area contributed by atoms with E-state index in [4.69, 9.17) is 0 Å². The summed E-state index contributed by atoms with van der Waals surface area (Å²) in [5.41, 5.74) is 2.53. The number of aryl methyl sites for hydroxylation is 2. The Morgan fingerprint density at radius 3 is 2.39 bits per heavy atom. The van der Waals surface area contributed by atoms with Crippen molar-refractivity contribution in [2.24, 2.45) is 0 Å². The van der Waals surface area contributed by atoms with Gasteiger partial charge in [0.15, 0.2) is 5.16 Å². The lowest BCUT2D eigenvalue weighted by molar-refractivity contribution is -0.115. The second-order valence-electron chi connectivity index (χ2n) is 5.18. The first-order chi connectivity index (χ1) is 10.8. The number of nitrogens with zero attached hydrogens (tertiary/aromatic N) is 2. The fourth-order valence-corrected chi connectivity index (χ4v) is 2.69. The van der Waals surface area contributed by atoms with E-state index < -0.39 is 22.8 Å². The van der Waals surface area contributed by atoms with Crippen molar-refractivity contribution in [1.29, 1.82) is 0 Å².